The van der Waals surface area contributed by atoms with E-state index in [1.165, 1.54) is 6.07 Å². The molecule has 0 amide bonds. The number of ether oxygens (including phenoxy) is 1. The normalized spacial score (nSPS) is 10.7. The Hall–Kier alpha value is -3.02. The van der Waals surface area contributed by atoms with Crippen molar-refractivity contribution in [1.82, 2.24) is 10.2 Å². The molecule has 0 aliphatic carbocycles. The van der Waals surface area contributed by atoms with Gasteiger partial charge in [-0.05, 0) is 12.1 Å². The molecular formula is C17H13FN2O3. The number of H-pyrrole nitrogens is 1. The molecule has 3 aromatic rings. The van der Waals surface area contributed by atoms with Crippen LogP contribution in [0.15, 0.2) is 53.3 Å². The summed E-state index contributed by atoms with van der Waals surface area (Å²) < 4.78 is 18.6. The van der Waals surface area contributed by atoms with E-state index in [1.807, 2.05) is 0 Å². The van der Waals surface area contributed by atoms with Gasteiger partial charge < -0.3 is 4.74 Å². The van der Waals surface area contributed by atoms with Crippen LogP contribution < -0.4 is 5.56 Å². The van der Waals surface area contributed by atoms with E-state index < -0.39 is 11.8 Å². The highest BCUT2D eigenvalue weighted by Gasteiger charge is 2.12. The summed E-state index contributed by atoms with van der Waals surface area (Å²) in [5, 5.41) is 7.32. The third kappa shape index (κ3) is 3.26. The maximum Gasteiger partial charge on any atom is 0.312 e. The second-order valence-corrected chi connectivity index (χ2v) is 4.97. The summed E-state index contributed by atoms with van der Waals surface area (Å²) in [5.41, 5.74) is 0.406. The van der Waals surface area contributed by atoms with Crippen molar-refractivity contribution in [2.45, 2.75) is 13.0 Å². The van der Waals surface area contributed by atoms with Crippen molar-refractivity contribution >= 4 is 16.7 Å². The number of aromatic amines is 1. The van der Waals surface area contributed by atoms with Crippen LogP contribution in [0.4, 0.5) is 4.39 Å². The van der Waals surface area contributed by atoms with E-state index >= 15 is 0 Å². The molecule has 0 radical (unpaired) electrons. The number of nitrogens with one attached hydrogen (secondary N) is 1. The molecule has 0 saturated carbocycles. The lowest BCUT2D eigenvalue weighted by Crippen LogP contribution is -2.15. The third-order valence-corrected chi connectivity index (χ3v) is 3.43. The first kappa shape index (κ1) is 14.9. The lowest BCUT2D eigenvalue weighted by molar-refractivity contribution is -0.144. The van der Waals surface area contributed by atoms with E-state index in [2.05, 4.69) is 10.2 Å². The number of fused-ring (bicyclic) bond motifs is 1. The van der Waals surface area contributed by atoms with Crippen LogP contribution in [0.1, 0.15) is 11.3 Å². The Bertz CT molecular complexity index is 921. The summed E-state index contributed by atoms with van der Waals surface area (Å²) >= 11 is 0. The number of nitrogens with zero attached hydrogens (tertiary/aromatic N) is 1. The molecule has 6 heteroatoms. The van der Waals surface area contributed by atoms with E-state index in [4.69, 9.17) is 4.74 Å². The third-order valence-electron chi connectivity index (χ3n) is 3.43. The zero-order valence-corrected chi connectivity index (χ0v) is 12.1. The van der Waals surface area contributed by atoms with Gasteiger partial charge in [0.15, 0.2) is 0 Å². The summed E-state index contributed by atoms with van der Waals surface area (Å²) in [6.07, 6.45) is -0.105. The minimum Gasteiger partial charge on any atom is -0.460 e. The largest absolute Gasteiger partial charge is 0.460 e. The van der Waals surface area contributed by atoms with Crippen LogP contribution in [-0.2, 0) is 22.6 Å². The Kier molecular flexibility index (Phi) is 4.14. The lowest BCUT2D eigenvalue weighted by atomic mass is 10.1. The summed E-state index contributed by atoms with van der Waals surface area (Å²) in [6, 6.07) is 13.0. The van der Waals surface area contributed by atoms with Crippen molar-refractivity contribution in [3.63, 3.8) is 0 Å². The van der Waals surface area contributed by atoms with Gasteiger partial charge in [0.25, 0.3) is 5.56 Å². The van der Waals surface area contributed by atoms with Crippen LogP contribution in [-0.4, -0.2) is 16.2 Å². The SMILES string of the molecule is O=C(Cc1n[nH]c(=O)c2ccccc12)OCc1ccccc1F. The standard InChI is InChI=1S/C17H13FN2O3/c18-14-8-4-1-5-11(14)10-23-16(21)9-15-12-6-2-3-7-13(12)17(22)20-19-15/h1-8H,9-10H2,(H,20,22). The Morgan fingerprint density at radius 2 is 1.78 bits per heavy atom. The van der Waals surface area contributed by atoms with Gasteiger partial charge in [-0.2, -0.15) is 5.10 Å². The molecule has 0 atom stereocenters. The van der Waals surface area contributed by atoms with Gasteiger partial charge in [0.05, 0.1) is 17.5 Å². The molecule has 0 bridgehead atoms. The van der Waals surface area contributed by atoms with E-state index in [1.54, 1.807) is 42.5 Å². The number of benzene rings is 2. The van der Waals surface area contributed by atoms with Gasteiger partial charge in [-0.1, -0.05) is 36.4 Å². The molecule has 1 N–H and O–H groups in total. The molecule has 0 unspecified atom stereocenters. The minimum atomic E-state index is -0.544. The summed E-state index contributed by atoms with van der Waals surface area (Å²) in [6.45, 7) is -0.146. The fourth-order valence-electron chi connectivity index (χ4n) is 2.27. The molecule has 0 saturated heterocycles. The Morgan fingerprint density at radius 1 is 1.09 bits per heavy atom. The monoisotopic (exact) mass is 312 g/mol. The number of rotatable bonds is 4. The van der Waals surface area contributed by atoms with Crippen LogP contribution in [0, 0.1) is 5.82 Å². The predicted molar refractivity (Wildman–Crippen MR) is 82.3 cm³/mol. The number of carbonyl (C=O) groups excluding carboxylic acids is 1. The van der Waals surface area contributed by atoms with Crippen molar-refractivity contribution < 1.29 is 13.9 Å². The maximum absolute atomic E-state index is 13.5. The molecule has 0 spiro atoms. The lowest BCUT2D eigenvalue weighted by Gasteiger charge is -2.07. The minimum absolute atomic E-state index is 0.105. The van der Waals surface area contributed by atoms with Crippen molar-refractivity contribution in [2.24, 2.45) is 0 Å². The van der Waals surface area contributed by atoms with Crippen molar-refractivity contribution in [3.8, 4) is 0 Å². The van der Waals surface area contributed by atoms with Gasteiger partial charge in [0.1, 0.15) is 12.4 Å². The molecule has 5 nitrogen and oxygen atoms in total. The first-order valence-electron chi connectivity index (χ1n) is 7.00. The van der Waals surface area contributed by atoms with Crippen LogP contribution in [0.3, 0.4) is 0 Å². The number of esters is 1. The molecule has 2 aromatic carbocycles. The molecule has 23 heavy (non-hydrogen) atoms. The van der Waals surface area contributed by atoms with E-state index in [9.17, 15) is 14.0 Å². The zero-order valence-electron chi connectivity index (χ0n) is 12.1. The Morgan fingerprint density at radius 3 is 2.57 bits per heavy atom. The van der Waals surface area contributed by atoms with Gasteiger partial charge in [-0.15, -0.1) is 0 Å². The molecule has 0 aliphatic heterocycles. The Balaban J connectivity index is 1.75. The number of hydrogen-bond acceptors (Lipinski definition) is 4. The van der Waals surface area contributed by atoms with Crippen LogP contribution in [0.5, 0.6) is 0 Å². The van der Waals surface area contributed by atoms with Gasteiger partial charge >= 0.3 is 5.97 Å². The van der Waals surface area contributed by atoms with Gasteiger partial charge in [-0.25, -0.2) is 9.49 Å². The number of hydrogen-bond donors (Lipinski definition) is 1. The van der Waals surface area contributed by atoms with E-state index in [0.717, 1.165) is 0 Å². The van der Waals surface area contributed by atoms with Crippen molar-refractivity contribution in [1.29, 1.82) is 0 Å². The van der Waals surface area contributed by atoms with Gasteiger partial charge in [0, 0.05) is 10.9 Å². The molecule has 3 rings (SSSR count). The second kappa shape index (κ2) is 6.39. The fraction of sp³-hybridized carbons (Fsp3) is 0.118. The van der Waals surface area contributed by atoms with Gasteiger partial charge in [0.2, 0.25) is 0 Å². The average Bonchev–Trinajstić information content (AvgIpc) is 2.57. The highest BCUT2D eigenvalue weighted by Crippen LogP contribution is 2.14. The second-order valence-electron chi connectivity index (χ2n) is 4.97. The topological polar surface area (TPSA) is 72.0 Å². The Labute approximate surface area is 130 Å². The van der Waals surface area contributed by atoms with Crippen LogP contribution in [0.25, 0.3) is 10.8 Å². The summed E-state index contributed by atoms with van der Waals surface area (Å²) in [5.74, 6) is -0.967. The molecule has 1 aromatic heterocycles. The van der Waals surface area contributed by atoms with E-state index in [0.29, 0.717) is 22.0 Å². The zero-order chi connectivity index (χ0) is 16.2. The number of aromatic nitrogens is 2. The average molecular weight is 312 g/mol. The van der Waals surface area contributed by atoms with Crippen molar-refractivity contribution in [2.75, 3.05) is 0 Å². The quantitative estimate of drug-likeness (QED) is 0.751. The molecule has 0 aliphatic rings. The van der Waals surface area contributed by atoms with Crippen molar-refractivity contribution in [3.05, 3.63) is 76.0 Å². The number of halogens is 1. The highest BCUT2D eigenvalue weighted by atomic mass is 19.1. The van der Waals surface area contributed by atoms with Gasteiger partial charge in [-0.3, -0.25) is 9.59 Å². The maximum atomic E-state index is 13.5. The smallest absolute Gasteiger partial charge is 0.312 e. The fourth-order valence-corrected chi connectivity index (χ4v) is 2.27. The van der Waals surface area contributed by atoms with Crippen LogP contribution >= 0.6 is 0 Å². The molecule has 0 fully saturated rings. The first-order valence-corrected chi connectivity index (χ1v) is 7.00. The first-order chi connectivity index (χ1) is 11.1. The molecule has 116 valence electrons. The number of carbonyl (C=O) groups is 1. The van der Waals surface area contributed by atoms with E-state index in [-0.39, 0.29) is 18.6 Å². The highest BCUT2D eigenvalue weighted by molar-refractivity contribution is 5.86. The van der Waals surface area contributed by atoms with Crippen LogP contribution in [0.2, 0.25) is 0 Å². The molecular weight excluding hydrogens is 299 g/mol. The summed E-state index contributed by atoms with van der Waals surface area (Å²) in [4.78, 5) is 23.6. The predicted octanol–water partition coefficient (Wildman–Crippen LogP) is 2.35. The molecule has 1 heterocycles. The summed E-state index contributed by atoms with van der Waals surface area (Å²) in [7, 11) is 0.